The first-order chi connectivity index (χ1) is 9.11. The Morgan fingerprint density at radius 1 is 1.35 bits per heavy atom. The molecule has 3 nitrogen and oxygen atoms in total. The maximum absolute atomic E-state index is 13.5. The molecule has 0 saturated carbocycles. The Balaban J connectivity index is 2.92. The van der Waals surface area contributed by atoms with Crippen LogP contribution in [-0.2, 0) is 6.18 Å². The summed E-state index contributed by atoms with van der Waals surface area (Å²) in [6.45, 7) is 2.18. The quantitative estimate of drug-likeness (QED) is 0.865. The number of alkyl halides is 3. The van der Waals surface area contributed by atoms with Gasteiger partial charge in [0.25, 0.3) is 5.91 Å². The van der Waals surface area contributed by atoms with E-state index in [1.807, 2.05) is 0 Å². The number of hydrogen-bond donors (Lipinski definition) is 1. The molecule has 1 amide bonds. The van der Waals surface area contributed by atoms with Crippen LogP contribution in [-0.4, -0.2) is 37.5 Å². The van der Waals surface area contributed by atoms with Gasteiger partial charge in [-0.15, -0.1) is 0 Å². The lowest BCUT2D eigenvalue weighted by Gasteiger charge is -2.18. The van der Waals surface area contributed by atoms with Crippen LogP contribution in [0.25, 0.3) is 0 Å². The number of halogens is 4. The van der Waals surface area contributed by atoms with E-state index in [1.54, 1.807) is 25.9 Å². The van der Waals surface area contributed by atoms with Gasteiger partial charge in [-0.1, -0.05) is 0 Å². The summed E-state index contributed by atoms with van der Waals surface area (Å²) in [6.07, 6.45) is -4.61. The fourth-order valence-corrected chi connectivity index (χ4v) is 1.77. The van der Waals surface area contributed by atoms with Crippen LogP contribution in [0.1, 0.15) is 22.8 Å². The van der Waals surface area contributed by atoms with Crippen molar-refractivity contribution in [3.8, 4) is 0 Å². The summed E-state index contributed by atoms with van der Waals surface area (Å²) < 4.78 is 51.1. The maximum atomic E-state index is 13.5. The molecule has 0 bridgehead atoms. The minimum atomic E-state index is -4.61. The second-order valence-electron chi connectivity index (χ2n) is 4.83. The van der Waals surface area contributed by atoms with Gasteiger partial charge in [0, 0.05) is 12.6 Å². The molecule has 0 spiro atoms. The Morgan fingerprint density at radius 3 is 2.45 bits per heavy atom. The zero-order chi connectivity index (χ0) is 15.5. The molecule has 20 heavy (non-hydrogen) atoms. The van der Waals surface area contributed by atoms with Crippen LogP contribution in [0.15, 0.2) is 18.2 Å². The van der Waals surface area contributed by atoms with Crippen molar-refractivity contribution >= 4 is 5.91 Å². The second kappa shape index (κ2) is 6.21. The van der Waals surface area contributed by atoms with Crippen molar-refractivity contribution < 1.29 is 22.4 Å². The number of amides is 1. The molecule has 0 radical (unpaired) electrons. The normalized spacial score (nSPS) is 13.4. The smallest absolute Gasteiger partial charge is 0.348 e. The molecule has 0 aromatic heterocycles. The van der Waals surface area contributed by atoms with Crippen LogP contribution in [0.2, 0.25) is 0 Å². The molecule has 0 aliphatic rings. The summed E-state index contributed by atoms with van der Waals surface area (Å²) in [4.78, 5) is 13.6. The summed E-state index contributed by atoms with van der Waals surface area (Å²) in [5, 5.41) is 2.46. The Labute approximate surface area is 114 Å². The summed E-state index contributed by atoms with van der Waals surface area (Å²) >= 11 is 0. The molecule has 0 heterocycles. The molecule has 1 aromatic carbocycles. The molecule has 1 atom stereocenters. The van der Waals surface area contributed by atoms with Crippen molar-refractivity contribution in [3.63, 3.8) is 0 Å². The van der Waals surface area contributed by atoms with Crippen LogP contribution in [0.4, 0.5) is 17.6 Å². The highest BCUT2D eigenvalue weighted by Gasteiger charge is 2.32. The molecule has 1 rings (SSSR count). The van der Waals surface area contributed by atoms with Crippen molar-refractivity contribution in [2.45, 2.75) is 19.1 Å². The van der Waals surface area contributed by atoms with Crippen LogP contribution >= 0.6 is 0 Å². The van der Waals surface area contributed by atoms with Gasteiger partial charge in [0.2, 0.25) is 0 Å². The maximum Gasteiger partial charge on any atom is 0.416 e. The average molecular weight is 292 g/mol. The molecule has 0 aliphatic heterocycles. The molecule has 1 unspecified atom stereocenters. The van der Waals surface area contributed by atoms with Crippen LogP contribution < -0.4 is 5.32 Å². The third-order valence-corrected chi connectivity index (χ3v) is 2.55. The summed E-state index contributed by atoms with van der Waals surface area (Å²) in [5.74, 6) is -1.84. The average Bonchev–Trinajstić information content (AvgIpc) is 2.26. The highest BCUT2D eigenvalue weighted by Crippen LogP contribution is 2.30. The van der Waals surface area contributed by atoms with Gasteiger partial charge in [-0.25, -0.2) is 4.39 Å². The number of likely N-dealkylation sites (N-methyl/N-ethyl adjacent to an activating group) is 1. The molecule has 0 aliphatic carbocycles. The zero-order valence-corrected chi connectivity index (χ0v) is 11.4. The van der Waals surface area contributed by atoms with Gasteiger partial charge in [0.15, 0.2) is 0 Å². The lowest BCUT2D eigenvalue weighted by atomic mass is 10.1. The predicted octanol–water partition coefficient (Wildman–Crippen LogP) is 2.52. The monoisotopic (exact) mass is 292 g/mol. The third-order valence-electron chi connectivity index (χ3n) is 2.55. The van der Waals surface area contributed by atoms with E-state index in [4.69, 9.17) is 0 Å². The third kappa shape index (κ3) is 4.48. The summed E-state index contributed by atoms with van der Waals surface area (Å²) in [7, 11) is 3.57. The summed E-state index contributed by atoms with van der Waals surface area (Å²) in [5.41, 5.74) is -1.66. The molecule has 1 N–H and O–H groups in total. The first-order valence-corrected chi connectivity index (χ1v) is 5.93. The predicted molar refractivity (Wildman–Crippen MR) is 66.9 cm³/mol. The highest BCUT2D eigenvalue weighted by atomic mass is 19.4. The van der Waals surface area contributed by atoms with Gasteiger partial charge in [-0.2, -0.15) is 13.2 Å². The Bertz CT molecular complexity index is 486. The number of carbonyl (C=O) groups excluding carboxylic acids is 1. The minimum Gasteiger partial charge on any atom is -0.348 e. The molecule has 112 valence electrons. The van der Waals surface area contributed by atoms with Crippen molar-refractivity contribution in [1.82, 2.24) is 10.2 Å². The Hall–Kier alpha value is -1.63. The van der Waals surface area contributed by atoms with Gasteiger partial charge >= 0.3 is 6.18 Å². The lowest BCUT2D eigenvalue weighted by Crippen LogP contribution is -2.39. The first-order valence-electron chi connectivity index (χ1n) is 5.93. The van der Waals surface area contributed by atoms with Crippen LogP contribution in [0.3, 0.4) is 0 Å². The Morgan fingerprint density at radius 2 is 1.95 bits per heavy atom. The summed E-state index contributed by atoms with van der Waals surface area (Å²) in [6, 6.07) is 1.46. The van der Waals surface area contributed by atoms with Gasteiger partial charge in [-0.05, 0) is 39.2 Å². The van der Waals surface area contributed by atoms with E-state index in [9.17, 15) is 22.4 Å². The number of benzene rings is 1. The van der Waals surface area contributed by atoms with E-state index in [2.05, 4.69) is 5.32 Å². The number of hydrogen-bond acceptors (Lipinski definition) is 2. The standard InChI is InChI=1S/C13H16F4N2O/c1-8(7-19(2)3)18-12(20)10-6-9(13(15,16)17)4-5-11(10)14/h4-6,8H,7H2,1-3H3,(H,18,20). The molecular weight excluding hydrogens is 276 g/mol. The van der Waals surface area contributed by atoms with Crippen molar-refractivity contribution in [1.29, 1.82) is 0 Å². The topological polar surface area (TPSA) is 32.3 Å². The van der Waals surface area contributed by atoms with Crippen molar-refractivity contribution in [3.05, 3.63) is 35.1 Å². The number of rotatable bonds is 4. The number of carbonyl (C=O) groups is 1. The van der Waals surface area contributed by atoms with Gasteiger partial charge < -0.3 is 10.2 Å². The highest BCUT2D eigenvalue weighted by molar-refractivity contribution is 5.94. The molecule has 7 heteroatoms. The van der Waals surface area contributed by atoms with E-state index in [0.29, 0.717) is 24.7 Å². The SMILES string of the molecule is CC(CN(C)C)NC(=O)c1cc(C(F)(F)F)ccc1F. The minimum absolute atomic E-state index is 0.313. The van der Waals surface area contributed by atoms with E-state index >= 15 is 0 Å². The van der Waals surface area contributed by atoms with Crippen molar-refractivity contribution in [2.24, 2.45) is 0 Å². The fraction of sp³-hybridized carbons (Fsp3) is 0.462. The molecule has 1 aromatic rings. The Kier molecular flexibility index (Phi) is 5.10. The number of nitrogens with one attached hydrogen (secondary N) is 1. The van der Waals surface area contributed by atoms with Crippen LogP contribution in [0, 0.1) is 5.82 Å². The van der Waals surface area contributed by atoms with E-state index in [-0.39, 0.29) is 6.04 Å². The van der Waals surface area contributed by atoms with Gasteiger partial charge in [0.1, 0.15) is 5.82 Å². The van der Waals surface area contributed by atoms with Crippen LogP contribution in [0.5, 0.6) is 0 Å². The lowest BCUT2D eigenvalue weighted by molar-refractivity contribution is -0.137. The van der Waals surface area contributed by atoms with Gasteiger partial charge in [0.05, 0.1) is 11.1 Å². The van der Waals surface area contributed by atoms with E-state index < -0.39 is 29.0 Å². The largest absolute Gasteiger partial charge is 0.416 e. The fourth-order valence-electron chi connectivity index (χ4n) is 1.77. The molecular formula is C13H16F4N2O. The second-order valence-corrected chi connectivity index (χ2v) is 4.83. The zero-order valence-electron chi connectivity index (χ0n) is 11.4. The number of nitrogens with zero attached hydrogens (tertiary/aromatic N) is 1. The molecule has 0 fully saturated rings. The van der Waals surface area contributed by atoms with Crippen molar-refractivity contribution in [2.75, 3.05) is 20.6 Å². The van der Waals surface area contributed by atoms with Gasteiger partial charge in [-0.3, -0.25) is 4.79 Å². The molecule has 0 saturated heterocycles. The first kappa shape index (κ1) is 16.4. The van der Waals surface area contributed by atoms with E-state index in [0.717, 1.165) is 0 Å². The van der Waals surface area contributed by atoms with E-state index in [1.165, 1.54) is 0 Å².